The zero-order valence-corrected chi connectivity index (χ0v) is 17.6. The van der Waals surface area contributed by atoms with Gasteiger partial charge in [-0.2, -0.15) is 0 Å². The fraction of sp³-hybridized carbons (Fsp3) is 0.609. The van der Waals surface area contributed by atoms with Gasteiger partial charge in [-0.1, -0.05) is 62.4 Å². The summed E-state index contributed by atoms with van der Waals surface area (Å²) in [5, 5.41) is 5.90. The SMILES string of the molecule is C[C@H](CCc1ccccc1)NC(=O)[C@@H](C)N1C(=O)NC2(CCCCCCC2)C1=O. The zero-order chi connectivity index (χ0) is 20.9. The van der Waals surface area contributed by atoms with Crippen LogP contribution in [-0.2, 0) is 16.0 Å². The summed E-state index contributed by atoms with van der Waals surface area (Å²) >= 11 is 0. The van der Waals surface area contributed by atoms with Gasteiger partial charge in [-0.05, 0) is 45.1 Å². The van der Waals surface area contributed by atoms with E-state index in [1.807, 2.05) is 25.1 Å². The van der Waals surface area contributed by atoms with Gasteiger partial charge in [-0.3, -0.25) is 9.59 Å². The molecule has 2 fully saturated rings. The maximum absolute atomic E-state index is 13.2. The van der Waals surface area contributed by atoms with Crippen molar-refractivity contribution in [2.75, 3.05) is 0 Å². The maximum atomic E-state index is 13.2. The van der Waals surface area contributed by atoms with Gasteiger partial charge in [0.1, 0.15) is 11.6 Å². The molecule has 0 unspecified atom stereocenters. The third-order valence-electron chi connectivity index (χ3n) is 6.26. The Labute approximate surface area is 173 Å². The molecule has 2 N–H and O–H groups in total. The smallest absolute Gasteiger partial charge is 0.325 e. The van der Waals surface area contributed by atoms with Gasteiger partial charge in [0.15, 0.2) is 0 Å². The molecular formula is C23H33N3O3. The number of carbonyl (C=O) groups excluding carboxylic acids is 3. The number of amides is 4. The van der Waals surface area contributed by atoms with E-state index < -0.39 is 17.6 Å². The fourth-order valence-electron chi connectivity index (χ4n) is 4.42. The van der Waals surface area contributed by atoms with Crippen LogP contribution in [0.25, 0.3) is 0 Å². The fourth-order valence-corrected chi connectivity index (χ4v) is 4.42. The van der Waals surface area contributed by atoms with Gasteiger partial charge in [0.25, 0.3) is 5.91 Å². The van der Waals surface area contributed by atoms with E-state index in [4.69, 9.17) is 0 Å². The Kier molecular flexibility index (Phi) is 6.93. The second-order valence-electron chi connectivity index (χ2n) is 8.57. The number of urea groups is 1. The first-order chi connectivity index (χ1) is 13.9. The minimum Gasteiger partial charge on any atom is -0.352 e. The van der Waals surface area contributed by atoms with Gasteiger partial charge >= 0.3 is 6.03 Å². The Morgan fingerprint density at radius 3 is 2.34 bits per heavy atom. The molecule has 2 aliphatic rings. The first kappa shape index (κ1) is 21.3. The van der Waals surface area contributed by atoms with Crippen LogP contribution in [0.5, 0.6) is 0 Å². The Morgan fingerprint density at radius 2 is 1.69 bits per heavy atom. The Hall–Kier alpha value is -2.37. The minimum atomic E-state index is -0.815. The Bertz CT molecular complexity index is 726. The first-order valence-electron chi connectivity index (χ1n) is 10.9. The van der Waals surface area contributed by atoms with E-state index in [2.05, 4.69) is 22.8 Å². The Balaban J connectivity index is 1.58. The lowest BCUT2D eigenvalue weighted by molar-refractivity contribution is -0.138. The largest absolute Gasteiger partial charge is 0.352 e. The summed E-state index contributed by atoms with van der Waals surface area (Å²) in [7, 11) is 0. The van der Waals surface area contributed by atoms with Crippen LogP contribution in [0.2, 0.25) is 0 Å². The molecule has 1 saturated heterocycles. The summed E-state index contributed by atoms with van der Waals surface area (Å²) in [5.41, 5.74) is 0.410. The molecule has 0 bridgehead atoms. The monoisotopic (exact) mass is 399 g/mol. The van der Waals surface area contributed by atoms with Crippen molar-refractivity contribution in [2.45, 2.75) is 89.3 Å². The van der Waals surface area contributed by atoms with Crippen LogP contribution in [0, 0.1) is 0 Å². The number of nitrogens with zero attached hydrogens (tertiary/aromatic N) is 1. The van der Waals surface area contributed by atoms with Crippen molar-refractivity contribution in [3.05, 3.63) is 35.9 Å². The van der Waals surface area contributed by atoms with Crippen LogP contribution in [0.15, 0.2) is 30.3 Å². The van der Waals surface area contributed by atoms with Crippen LogP contribution >= 0.6 is 0 Å². The van der Waals surface area contributed by atoms with E-state index in [-0.39, 0.29) is 17.9 Å². The lowest BCUT2D eigenvalue weighted by Crippen LogP contribution is -2.52. The van der Waals surface area contributed by atoms with Crippen molar-refractivity contribution in [2.24, 2.45) is 0 Å². The van der Waals surface area contributed by atoms with Crippen molar-refractivity contribution in [1.29, 1.82) is 0 Å². The van der Waals surface area contributed by atoms with Gasteiger partial charge in [0.2, 0.25) is 5.91 Å². The van der Waals surface area contributed by atoms with E-state index >= 15 is 0 Å². The molecule has 3 rings (SSSR count). The molecular weight excluding hydrogens is 366 g/mol. The highest BCUT2D eigenvalue weighted by atomic mass is 16.2. The molecule has 1 aliphatic carbocycles. The second kappa shape index (κ2) is 9.42. The molecule has 29 heavy (non-hydrogen) atoms. The number of hydrogen-bond acceptors (Lipinski definition) is 3. The van der Waals surface area contributed by atoms with Crippen LogP contribution in [0.1, 0.15) is 70.8 Å². The summed E-state index contributed by atoms with van der Waals surface area (Å²) in [5.74, 6) is -0.513. The normalized spacial score (nSPS) is 21.2. The highest BCUT2D eigenvalue weighted by Gasteiger charge is 2.52. The number of rotatable bonds is 6. The van der Waals surface area contributed by atoms with E-state index in [9.17, 15) is 14.4 Å². The van der Waals surface area contributed by atoms with Gasteiger partial charge < -0.3 is 10.6 Å². The number of nitrogens with one attached hydrogen (secondary N) is 2. The van der Waals surface area contributed by atoms with Gasteiger partial charge in [0, 0.05) is 6.04 Å². The predicted octanol–water partition coefficient (Wildman–Crippen LogP) is 3.55. The summed E-state index contributed by atoms with van der Waals surface area (Å²) in [6, 6.07) is 8.84. The Morgan fingerprint density at radius 1 is 1.07 bits per heavy atom. The molecule has 1 heterocycles. The molecule has 0 aromatic heterocycles. The molecule has 1 spiro atoms. The summed E-state index contributed by atoms with van der Waals surface area (Å²) in [6.45, 7) is 3.59. The first-order valence-corrected chi connectivity index (χ1v) is 10.9. The topological polar surface area (TPSA) is 78.5 Å². The molecule has 6 heteroatoms. The van der Waals surface area contributed by atoms with Gasteiger partial charge in [-0.15, -0.1) is 0 Å². The average Bonchev–Trinajstić information content (AvgIpc) is 2.94. The standard InChI is InChI=1S/C23H33N3O3/c1-17(13-14-19-11-7-6-8-12-19)24-20(27)18(2)26-21(28)23(25-22(26)29)15-9-4-3-5-10-16-23/h6-8,11-12,17-18H,3-5,9-10,13-16H2,1-2H3,(H,24,27)(H,25,29)/t17-,18-/m1/s1. The zero-order valence-electron chi connectivity index (χ0n) is 17.6. The third kappa shape index (κ3) is 4.98. The number of imide groups is 1. The van der Waals surface area contributed by atoms with Crippen LogP contribution in [-0.4, -0.2) is 40.4 Å². The number of aryl methyl sites for hydroxylation is 1. The van der Waals surface area contributed by atoms with Gasteiger partial charge in [-0.25, -0.2) is 9.69 Å². The molecule has 4 amide bonds. The molecule has 6 nitrogen and oxygen atoms in total. The summed E-state index contributed by atoms with van der Waals surface area (Å²) in [4.78, 5) is 39.7. The van der Waals surface area contributed by atoms with Crippen molar-refractivity contribution in [3.8, 4) is 0 Å². The molecule has 0 radical (unpaired) electrons. The summed E-state index contributed by atoms with van der Waals surface area (Å²) < 4.78 is 0. The van der Waals surface area contributed by atoms with Crippen molar-refractivity contribution in [3.63, 3.8) is 0 Å². The van der Waals surface area contributed by atoms with Crippen molar-refractivity contribution >= 4 is 17.8 Å². The van der Waals surface area contributed by atoms with E-state index in [1.165, 1.54) is 12.0 Å². The average molecular weight is 400 g/mol. The highest BCUT2D eigenvalue weighted by molar-refractivity contribution is 6.09. The van der Waals surface area contributed by atoms with Crippen molar-refractivity contribution in [1.82, 2.24) is 15.5 Å². The quantitative estimate of drug-likeness (QED) is 0.718. The molecule has 1 aromatic rings. The maximum Gasteiger partial charge on any atom is 0.325 e. The number of carbonyl (C=O) groups is 3. The highest BCUT2D eigenvalue weighted by Crippen LogP contribution is 2.33. The molecule has 1 saturated carbocycles. The van der Waals surface area contributed by atoms with E-state index in [1.54, 1.807) is 6.92 Å². The molecule has 1 aliphatic heterocycles. The minimum absolute atomic E-state index is 0.0405. The van der Waals surface area contributed by atoms with Gasteiger partial charge in [0.05, 0.1) is 0 Å². The summed E-state index contributed by atoms with van der Waals surface area (Å²) in [6.07, 6.45) is 8.19. The predicted molar refractivity (Wildman–Crippen MR) is 112 cm³/mol. The molecule has 158 valence electrons. The molecule has 2 atom stereocenters. The number of hydrogen-bond donors (Lipinski definition) is 2. The van der Waals surface area contributed by atoms with Crippen molar-refractivity contribution < 1.29 is 14.4 Å². The van der Waals surface area contributed by atoms with Crippen LogP contribution < -0.4 is 10.6 Å². The van der Waals surface area contributed by atoms with E-state index in [0.717, 1.165) is 43.4 Å². The number of benzene rings is 1. The lowest BCUT2D eigenvalue weighted by Gasteiger charge is -2.29. The van der Waals surface area contributed by atoms with Crippen LogP contribution in [0.3, 0.4) is 0 Å². The molecule has 1 aromatic carbocycles. The lowest BCUT2D eigenvalue weighted by atomic mass is 9.84. The van der Waals surface area contributed by atoms with Crippen LogP contribution in [0.4, 0.5) is 4.79 Å². The van der Waals surface area contributed by atoms with E-state index in [0.29, 0.717) is 12.8 Å². The second-order valence-corrected chi connectivity index (χ2v) is 8.57. The third-order valence-corrected chi connectivity index (χ3v) is 6.26.